The van der Waals surface area contributed by atoms with E-state index in [0.717, 1.165) is 0 Å². The largest absolute Gasteiger partial charge is 0.464 e. The average molecular weight is 171 g/mol. The molecule has 70 valence electrons. The Morgan fingerprint density at radius 1 is 1.50 bits per heavy atom. The molecule has 0 aromatic rings. The Bertz CT molecular complexity index is 179. The molecule has 0 unspecified atom stereocenters. The lowest BCUT2D eigenvalue weighted by Crippen LogP contribution is -2.11. The number of rotatable bonds is 1. The van der Waals surface area contributed by atoms with E-state index in [1.807, 2.05) is 13.8 Å². The molecule has 0 rings (SSSR count). The van der Waals surface area contributed by atoms with Crippen LogP contribution in [0.25, 0.3) is 0 Å². The predicted molar refractivity (Wildman–Crippen MR) is 50.4 cm³/mol. The number of methoxy groups -OCH3 is 1. The first-order valence-electron chi connectivity index (χ1n) is 3.57. The molecule has 2 N–H and O–H groups in total. The van der Waals surface area contributed by atoms with Crippen LogP contribution in [-0.4, -0.2) is 13.1 Å². The number of carbonyl (C=O) groups excluding carboxylic acids is 1. The van der Waals surface area contributed by atoms with Crippen LogP contribution in [0.2, 0.25) is 0 Å². The number of hydrogen-bond acceptors (Lipinski definition) is 3. The minimum atomic E-state index is -0.479. The van der Waals surface area contributed by atoms with E-state index in [0.29, 0.717) is 0 Å². The highest BCUT2D eigenvalue weighted by atomic mass is 16.5. The summed E-state index contributed by atoms with van der Waals surface area (Å²) < 4.78 is 4.27. The molecule has 3 nitrogen and oxygen atoms in total. The number of esters is 1. The Morgan fingerprint density at radius 3 is 1.92 bits per heavy atom. The van der Waals surface area contributed by atoms with E-state index in [4.69, 9.17) is 5.73 Å². The summed E-state index contributed by atoms with van der Waals surface area (Å²) in [5.74, 6) is -0.479. The van der Waals surface area contributed by atoms with Gasteiger partial charge >= 0.3 is 5.97 Å². The molecule has 0 spiro atoms. The zero-order chi connectivity index (χ0) is 10.1. The smallest absolute Gasteiger partial charge is 0.353 e. The molecule has 0 saturated carbocycles. The van der Waals surface area contributed by atoms with Crippen molar-refractivity contribution >= 4 is 5.97 Å². The first kappa shape index (κ1) is 13.3. The van der Waals surface area contributed by atoms with E-state index in [1.54, 1.807) is 6.92 Å². The molecular formula is C9H17NO2. The van der Waals surface area contributed by atoms with Crippen molar-refractivity contribution in [1.82, 2.24) is 0 Å². The summed E-state index contributed by atoms with van der Waals surface area (Å²) in [4.78, 5) is 10.3. The maximum atomic E-state index is 10.3. The third-order valence-corrected chi connectivity index (χ3v) is 0.732. The van der Waals surface area contributed by atoms with Crippen molar-refractivity contribution in [2.75, 3.05) is 7.11 Å². The Labute approximate surface area is 73.9 Å². The van der Waals surface area contributed by atoms with Gasteiger partial charge in [-0.15, -0.1) is 6.58 Å². The van der Waals surface area contributed by atoms with Crippen molar-refractivity contribution in [3.63, 3.8) is 0 Å². The molecule has 0 aliphatic heterocycles. The zero-order valence-electron chi connectivity index (χ0n) is 8.18. The maximum absolute atomic E-state index is 10.3. The molecule has 0 fully saturated rings. The first-order chi connectivity index (χ1) is 5.45. The van der Waals surface area contributed by atoms with Gasteiger partial charge in [-0.25, -0.2) is 4.79 Å². The summed E-state index contributed by atoms with van der Waals surface area (Å²) in [6.07, 6.45) is 1.49. The molecule has 0 amide bonds. The van der Waals surface area contributed by atoms with Crippen molar-refractivity contribution in [2.24, 2.45) is 5.73 Å². The van der Waals surface area contributed by atoms with E-state index in [1.165, 1.54) is 18.8 Å². The van der Waals surface area contributed by atoms with Crippen LogP contribution in [0.4, 0.5) is 0 Å². The fraction of sp³-hybridized carbons (Fsp3) is 0.444. The number of carbonyl (C=O) groups is 1. The lowest BCUT2D eigenvalue weighted by atomic mass is 10.4. The third-order valence-electron chi connectivity index (χ3n) is 0.732. The number of nitrogens with two attached hydrogens (primary N) is 1. The van der Waals surface area contributed by atoms with Gasteiger partial charge < -0.3 is 10.5 Å². The van der Waals surface area contributed by atoms with Gasteiger partial charge in [0.1, 0.15) is 5.70 Å². The van der Waals surface area contributed by atoms with Crippen molar-refractivity contribution in [3.05, 3.63) is 23.9 Å². The molecule has 0 heterocycles. The standard InChI is InChI=1S/C5H9NO2.C4H8/c1-3-4(6)5(7)8-2;1-4(2)3/h3H,6H2,1-2H3;1H2,2-3H3/b4-3-;. The second kappa shape index (κ2) is 7.85. The Morgan fingerprint density at radius 2 is 1.83 bits per heavy atom. The van der Waals surface area contributed by atoms with E-state index in [-0.39, 0.29) is 5.70 Å². The molecular weight excluding hydrogens is 154 g/mol. The zero-order valence-corrected chi connectivity index (χ0v) is 8.18. The minimum absolute atomic E-state index is 0.146. The highest BCUT2D eigenvalue weighted by Crippen LogP contribution is 1.84. The van der Waals surface area contributed by atoms with Crippen LogP contribution in [0.5, 0.6) is 0 Å². The molecule has 0 aliphatic carbocycles. The second-order valence-electron chi connectivity index (χ2n) is 2.44. The van der Waals surface area contributed by atoms with Gasteiger partial charge in [-0.1, -0.05) is 11.6 Å². The van der Waals surface area contributed by atoms with E-state index < -0.39 is 5.97 Å². The summed E-state index contributed by atoms with van der Waals surface area (Å²) in [6.45, 7) is 9.17. The van der Waals surface area contributed by atoms with Crippen LogP contribution >= 0.6 is 0 Å². The van der Waals surface area contributed by atoms with Crippen molar-refractivity contribution in [1.29, 1.82) is 0 Å². The van der Waals surface area contributed by atoms with Gasteiger partial charge in [0.2, 0.25) is 0 Å². The van der Waals surface area contributed by atoms with Gasteiger partial charge in [-0.05, 0) is 20.8 Å². The first-order valence-corrected chi connectivity index (χ1v) is 3.57. The molecule has 3 heteroatoms. The van der Waals surface area contributed by atoms with Crippen LogP contribution in [0.1, 0.15) is 20.8 Å². The maximum Gasteiger partial charge on any atom is 0.353 e. The van der Waals surface area contributed by atoms with Gasteiger partial charge in [0.25, 0.3) is 0 Å². The van der Waals surface area contributed by atoms with E-state index in [2.05, 4.69) is 11.3 Å². The van der Waals surface area contributed by atoms with Crippen LogP contribution in [-0.2, 0) is 9.53 Å². The predicted octanol–water partition coefficient (Wildman–Crippen LogP) is 1.60. The molecule has 0 atom stereocenters. The topological polar surface area (TPSA) is 52.3 Å². The van der Waals surface area contributed by atoms with Crippen molar-refractivity contribution in [2.45, 2.75) is 20.8 Å². The summed E-state index contributed by atoms with van der Waals surface area (Å²) in [6, 6.07) is 0. The molecule has 0 aromatic carbocycles. The second-order valence-corrected chi connectivity index (χ2v) is 2.44. The van der Waals surface area contributed by atoms with Crippen molar-refractivity contribution in [3.8, 4) is 0 Å². The van der Waals surface area contributed by atoms with E-state index in [9.17, 15) is 4.79 Å². The molecule has 0 aromatic heterocycles. The van der Waals surface area contributed by atoms with Gasteiger partial charge in [0, 0.05) is 0 Å². The molecule has 0 radical (unpaired) electrons. The van der Waals surface area contributed by atoms with Crippen LogP contribution < -0.4 is 5.73 Å². The Kier molecular flexibility index (Phi) is 8.73. The number of allylic oxidation sites excluding steroid dienone is 2. The summed E-state index contributed by atoms with van der Waals surface area (Å²) in [7, 11) is 1.29. The van der Waals surface area contributed by atoms with Crippen molar-refractivity contribution < 1.29 is 9.53 Å². The van der Waals surface area contributed by atoms with Gasteiger partial charge in [-0.3, -0.25) is 0 Å². The van der Waals surface area contributed by atoms with Crippen LogP contribution in [0.15, 0.2) is 23.9 Å². The summed E-state index contributed by atoms with van der Waals surface area (Å²) in [5, 5.41) is 0. The summed E-state index contributed by atoms with van der Waals surface area (Å²) in [5.41, 5.74) is 6.43. The number of hydrogen-bond donors (Lipinski definition) is 1. The quantitative estimate of drug-likeness (QED) is 0.370. The molecule has 0 aliphatic rings. The fourth-order valence-electron chi connectivity index (χ4n) is 0.236. The van der Waals surface area contributed by atoms with Crippen LogP contribution in [0.3, 0.4) is 0 Å². The Balaban J connectivity index is 0. The number of ether oxygens (including phenoxy) is 1. The van der Waals surface area contributed by atoms with Gasteiger partial charge in [0.15, 0.2) is 0 Å². The molecule has 0 saturated heterocycles. The summed E-state index contributed by atoms with van der Waals surface area (Å²) >= 11 is 0. The monoisotopic (exact) mass is 171 g/mol. The van der Waals surface area contributed by atoms with Crippen LogP contribution in [0, 0.1) is 0 Å². The molecule has 0 bridgehead atoms. The average Bonchev–Trinajstić information content (AvgIpc) is 2.00. The van der Waals surface area contributed by atoms with Gasteiger partial charge in [-0.2, -0.15) is 0 Å². The normalized spacial score (nSPS) is 9.50. The van der Waals surface area contributed by atoms with Gasteiger partial charge in [0.05, 0.1) is 7.11 Å². The Hall–Kier alpha value is -1.25. The van der Waals surface area contributed by atoms with E-state index >= 15 is 0 Å². The SMILES string of the molecule is C/C=C(\N)C(=O)OC.C=C(C)C. The molecule has 12 heavy (non-hydrogen) atoms. The fourth-order valence-corrected chi connectivity index (χ4v) is 0.236. The lowest BCUT2D eigenvalue weighted by molar-refractivity contribution is -0.136. The minimum Gasteiger partial charge on any atom is -0.464 e. The highest BCUT2D eigenvalue weighted by molar-refractivity contribution is 5.86. The third kappa shape index (κ3) is 11.5. The highest BCUT2D eigenvalue weighted by Gasteiger charge is 1.99. The lowest BCUT2D eigenvalue weighted by Gasteiger charge is -1.94.